The Morgan fingerprint density at radius 2 is 1.50 bits per heavy atom. The fraction of sp³-hybridized carbons (Fsp3) is 0.192. The quantitative estimate of drug-likeness (QED) is 0.468. The Bertz CT molecular complexity index is 1310. The van der Waals surface area contributed by atoms with Crippen LogP contribution in [0.4, 0.5) is 5.69 Å². The van der Waals surface area contributed by atoms with Gasteiger partial charge in [-0.15, -0.1) is 0 Å². The molecule has 2 atom stereocenters. The Balaban J connectivity index is 1.48. The molecule has 3 aromatic carbocycles. The molecule has 6 nitrogen and oxygen atoms in total. The van der Waals surface area contributed by atoms with Gasteiger partial charge in [-0.1, -0.05) is 48.5 Å². The monoisotopic (exact) mass is 423 g/mol. The summed E-state index contributed by atoms with van der Waals surface area (Å²) in [7, 11) is 0. The van der Waals surface area contributed by atoms with Crippen LogP contribution in [0.25, 0.3) is 0 Å². The van der Waals surface area contributed by atoms with Crippen molar-refractivity contribution in [3.63, 3.8) is 0 Å². The van der Waals surface area contributed by atoms with Gasteiger partial charge < -0.3 is 14.3 Å². The molecule has 32 heavy (non-hydrogen) atoms. The zero-order chi connectivity index (χ0) is 21.6. The van der Waals surface area contributed by atoms with E-state index < -0.39 is 17.3 Å². The first-order valence-corrected chi connectivity index (χ1v) is 10.6. The molecule has 2 bridgehead atoms. The summed E-state index contributed by atoms with van der Waals surface area (Å²) in [6, 6.07) is 20.5. The molecular weight excluding hydrogens is 406 g/mol. The molecule has 3 aliphatic carbocycles. The summed E-state index contributed by atoms with van der Waals surface area (Å²) in [6.07, 6.45) is 0.881. The molecule has 0 unspecified atom stereocenters. The predicted molar refractivity (Wildman–Crippen MR) is 114 cm³/mol. The topological polar surface area (TPSA) is 72.9 Å². The second-order valence-electron chi connectivity index (χ2n) is 8.69. The Hall–Kier alpha value is -3.93. The van der Waals surface area contributed by atoms with Crippen molar-refractivity contribution in [3.05, 3.63) is 89.0 Å². The minimum atomic E-state index is -1.19. The van der Waals surface area contributed by atoms with Crippen LogP contribution in [0.3, 0.4) is 0 Å². The average molecular weight is 423 g/mol. The first-order valence-electron chi connectivity index (χ1n) is 10.6. The van der Waals surface area contributed by atoms with Gasteiger partial charge in [-0.2, -0.15) is 0 Å². The number of carbonyl (C=O) groups excluding carboxylic acids is 3. The number of amides is 2. The number of aldehydes is 1. The number of nitrogens with zero attached hydrogens (tertiary/aromatic N) is 1. The molecule has 2 heterocycles. The number of imide groups is 1. The van der Waals surface area contributed by atoms with Gasteiger partial charge >= 0.3 is 0 Å². The minimum Gasteiger partial charge on any atom is -0.454 e. The predicted octanol–water partition coefficient (Wildman–Crippen LogP) is 3.17. The molecule has 2 aliphatic heterocycles. The van der Waals surface area contributed by atoms with E-state index in [0.717, 1.165) is 28.5 Å². The SMILES string of the molecule is O=CC12c3ccccc3C(c3ccccc31)[C@@H]1C(=O)N(c3ccc4c(c3)OCO4)C(=O)[C@@H]12. The lowest BCUT2D eigenvalue weighted by Crippen LogP contribution is -2.54. The number of fused-ring (bicyclic) bond motifs is 1. The van der Waals surface area contributed by atoms with Crippen LogP contribution in [0.5, 0.6) is 11.5 Å². The van der Waals surface area contributed by atoms with Crippen molar-refractivity contribution in [2.75, 3.05) is 11.7 Å². The highest BCUT2D eigenvalue weighted by Gasteiger charge is 2.68. The average Bonchev–Trinajstić information content (AvgIpc) is 3.41. The maximum Gasteiger partial charge on any atom is 0.239 e. The van der Waals surface area contributed by atoms with Crippen LogP contribution in [0, 0.1) is 11.8 Å². The van der Waals surface area contributed by atoms with Crippen molar-refractivity contribution < 1.29 is 23.9 Å². The summed E-state index contributed by atoms with van der Waals surface area (Å²) < 4.78 is 10.8. The Morgan fingerprint density at radius 1 is 0.844 bits per heavy atom. The van der Waals surface area contributed by atoms with Gasteiger partial charge in [0.15, 0.2) is 11.5 Å². The van der Waals surface area contributed by atoms with E-state index in [0.29, 0.717) is 17.2 Å². The molecule has 0 radical (unpaired) electrons. The van der Waals surface area contributed by atoms with E-state index in [1.54, 1.807) is 18.2 Å². The minimum absolute atomic E-state index is 0.104. The molecule has 1 saturated heterocycles. The molecule has 1 fully saturated rings. The third kappa shape index (κ3) is 1.85. The van der Waals surface area contributed by atoms with Crippen LogP contribution < -0.4 is 14.4 Å². The largest absolute Gasteiger partial charge is 0.454 e. The van der Waals surface area contributed by atoms with Gasteiger partial charge in [-0.05, 0) is 34.4 Å². The highest BCUT2D eigenvalue weighted by atomic mass is 16.7. The highest BCUT2D eigenvalue weighted by molar-refractivity contribution is 6.25. The Labute approximate surface area is 183 Å². The molecule has 5 aliphatic rings. The van der Waals surface area contributed by atoms with E-state index in [1.165, 1.54) is 4.90 Å². The van der Waals surface area contributed by atoms with Gasteiger partial charge in [-0.25, -0.2) is 4.90 Å². The Kier molecular flexibility index (Phi) is 3.24. The molecule has 0 saturated carbocycles. The van der Waals surface area contributed by atoms with Crippen LogP contribution in [0.15, 0.2) is 66.7 Å². The second-order valence-corrected chi connectivity index (χ2v) is 8.69. The zero-order valence-corrected chi connectivity index (χ0v) is 16.9. The number of ether oxygens (including phenoxy) is 2. The number of anilines is 1. The van der Waals surface area contributed by atoms with Crippen molar-refractivity contribution >= 4 is 23.8 Å². The molecule has 156 valence electrons. The first kappa shape index (κ1) is 17.7. The fourth-order valence-corrected chi connectivity index (χ4v) is 6.31. The van der Waals surface area contributed by atoms with E-state index in [2.05, 4.69) is 0 Å². The van der Waals surface area contributed by atoms with E-state index in [-0.39, 0.29) is 24.5 Å². The molecule has 0 aromatic heterocycles. The summed E-state index contributed by atoms with van der Waals surface area (Å²) in [5.41, 5.74) is 2.81. The van der Waals surface area contributed by atoms with E-state index in [4.69, 9.17) is 9.47 Å². The molecular formula is C26H17NO5. The van der Waals surface area contributed by atoms with Gasteiger partial charge in [0, 0.05) is 12.0 Å². The normalized spacial score (nSPS) is 28.4. The lowest BCUT2D eigenvalue weighted by Gasteiger charge is -2.51. The summed E-state index contributed by atoms with van der Waals surface area (Å²) in [5, 5.41) is 0. The molecule has 2 amide bonds. The van der Waals surface area contributed by atoms with E-state index in [9.17, 15) is 14.4 Å². The van der Waals surface area contributed by atoms with Crippen LogP contribution in [0.2, 0.25) is 0 Å². The third-order valence-corrected chi connectivity index (χ3v) is 7.48. The molecule has 8 rings (SSSR count). The van der Waals surface area contributed by atoms with Crippen molar-refractivity contribution in [1.82, 2.24) is 0 Å². The number of carbonyl (C=O) groups is 3. The number of rotatable bonds is 2. The summed E-state index contributed by atoms with van der Waals surface area (Å²) in [4.78, 5) is 41.9. The van der Waals surface area contributed by atoms with E-state index >= 15 is 0 Å². The van der Waals surface area contributed by atoms with Gasteiger partial charge in [-0.3, -0.25) is 9.59 Å². The Morgan fingerprint density at radius 3 is 2.19 bits per heavy atom. The molecule has 0 N–H and O–H groups in total. The lowest BCUT2D eigenvalue weighted by molar-refractivity contribution is -0.128. The van der Waals surface area contributed by atoms with Crippen molar-refractivity contribution in [2.24, 2.45) is 11.8 Å². The smallest absolute Gasteiger partial charge is 0.239 e. The number of benzene rings is 3. The molecule has 3 aromatic rings. The van der Waals surface area contributed by atoms with Crippen LogP contribution in [-0.4, -0.2) is 24.9 Å². The van der Waals surface area contributed by atoms with Gasteiger partial charge in [0.05, 0.1) is 22.9 Å². The summed E-state index contributed by atoms with van der Waals surface area (Å²) in [6.45, 7) is 0.104. The number of hydrogen-bond donors (Lipinski definition) is 0. The maximum atomic E-state index is 13.9. The zero-order valence-electron chi connectivity index (χ0n) is 16.9. The van der Waals surface area contributed by atoms with E-state index in [1.807, 2.05) is 48.5 Å². The van der Waals surface area contributed by atoms with Crippen molar-refractivity contribution in [1.29, 1.82) is 0 Å². The van der Waals surface area contributed by atoms with Crippen molar-refractivity contribution in [2.45, 2.75) is 11.3 Å². The van der Waals surface area contributed by atoms with Gasteiger partial charge in [0.2, 0.25) is 18.6 Å². The molecule has 0 spiro atoms. The van der Waals surface area contributed by atoms with Crippen LogP contribution >= 0.6 is 0 Å². The lowest BCUT2D eigenvalue weighted by atomic mass is 9.48. The standard InChI is InChI=1S/C26H17NO5/c28-12-26-17-7-3-1-5-15(17)21(16-6-2-4-8-18(16)26)22-23(26)25(30)27(24(22)29)14-9-10-19-20(11-14)32-13-31-19/h1-12,21-23H,13H2/t21?,22-,23+,26?/m0/s1. The van der Waals surface area contributed by atoms with Gasteiger partial charge in [0.25, 0.3) is 0 Å². The van der Waals surface area contributed by atoms with Crippen molar-refractivity contribution in [3.8, 4) is 11.5 Å². The first-order chi connectivity index (χ1) is 15.7. The third-order valence-electron chi connectivity index (χ3n) is 7.48. The summed E-state index contributed by atoms with van der Waals surface area (Å²) >= 11 is 0. The maximum absolute atomic E-state index is 13.9. The van der Waals surface area contributed by atoms with Crippen LogP contribution in [0.1, 0.15) is 28.2 Å². The number of hydrogen-bond acceptors (Lipinski definition) is 5. The van der Waals surface area contributed by atoms with Crippen LogP contribution in [-0.2, 0) is 19.8 Å². The summed E-state index contributed by atoms with van der Waals surface area (Å²) in [5.74, 6) is -1.24. The van der Waals surface area contributed by atoms with Gasteiger partial charge in [0.1, 0.15) is 6.29 Å². The highest BCUT2D eigenvalue weighted by Crippen LogP contribution is 2.63. The molecule has 6 heteroatoms. The second kappa shape index (κ2) is 5.85. The fourth-order valence-electron chi connectivity index (χ4n) is 6.31.